The molecule has 1 saturated carbocycles. The van der Waals surface area contributed by atoms with Gasteiger partial charge in [0.1, 0.15) is 5.60 Å². The Morgan fingerprint density at radius 1 is 1.11 bits per heavy atom. The summed E-state index contributed by atoms with van der Waals surface area (Å²) in [4.78, 5) is 20.8. The predicted octanol–water partition coefficient (Wildman–Crippen LogP) is 8.87. The van der Waals surface area contributed by atoms with Crippen molar-refractivity contribution in [3.05, 3.63) is 69.5 Å². The second-order valence-corrected chi connectivity index (χ2v) is 12.4. The van der Waals surface area contributed by atoms with E-state index in [9.17, 15) is 28.3 Å². The molecule has 47 heavy (non-hydrogen) atoms. The number of nitrogens with zero attached hydrogens (tertiary/aromatic N) is 5. The molecule has 1 aromatic carbocycles. The van der Waals surface area contributed by atoms with Crippen LogP contribution in [-0.2, 0) is 34.0 Å². The van der Waals surface area contributed by atoms with Crippen molar-refractivity contribution >= 4 is 12.2 Å². The van der Waals surface area contributed by atoms with Gasteiger partial charge in [-0.05, 0) is 94.0 Å². The summed E-state index contributed by atoms with van der Waals surface area (Å²) >= 11 is 0. The first-order chi connectivity index (χ1) is 22.3. The molecule has 0 saturated heterocycles. The number of nitriles is 1. The van der Waals surface area contributed by atoms with Gasteiger partial charge in [0.15, 0.2) is 5.82 Å². The van der Waals surface area contributed by atoms with E-state index < -0.39 is 22.8 Å². The molecule has 256 valence electrons. The third-order valence-corrected chi connectivity index (χ3v) is 9.59. The number of rotatable bonds is 13. The number of carbonyl (C=O) groups excluding carboxylic acids is 1. The zero-order chi connectivity index (χ0) is 35.0. The Hall–Kier alpha value is -3.94. The van der Waals surface area contributed by atoms with Gasteiger partial charge in [-0.2, -0.15) is 23.4 Å². The van der Waals surface area contributed by atoms with Gasteiger partial charge in [0.2, 0.25) is 0 Å². The maximum atomic E-state index is 14.3. The van der Waals surface area contributed by atoms with Crippen LogP contribution in [0.3, 0.4) is 0 Å². The number of hydrogen-bond acceptors (Lipinski definition) is 7. The highest BCUT2D eigenvalue weighted by atomic mass is 19.4. The molecule has 1 N–H and O–H groups in total. The molecule has 4 rings (SSSR count). The van der Waals surface area contributed by atoms with Gasteiger partial charge in [-0.3, -0.25) is 4.79 Å². The van der Waals surface area contributed by atoms with Crippen molar-refractivity contribution in [2.24, 2.45) is 5.92 Å². The van der Waals surface area contributed by atoms with E-state index in [0.717, 1.165) is 43.1 Å². The van der Waals surface area contributed by atoms with Crippen LogP contribution >= 0.6 is 0 Å². The number of carbonyl (C=O) groups is 1. The molecule has 1 fully saturated rings. The lowest BCUT2D eigenvalue weighted by molar-refractivity contribution is -0.152. The molecule has 1 aliphatic rings. The van der Waals surface area contributed by atoms with E-state index in [1.807, 2.05) is 33.8 Å². The molecule has 0 radical (unpaired) electrons. The second-order valence-electron chi connectivity index (χ2n) is 12.4. The summed E-state index contributed by atoms with van der Waals surface area (Å²) in [6.45, 7) is 13.4. The van der Waals surface area contributed by atoms with Crippen LogP contribution in [0, 0.1) is 31.1 Å². The molecule has 0 spiro atoms. The SMILES string of the molecule is CC.CCC(C#N)(CC)c1ccc(CCC(C/C(O)=C(\C)Cc2nc3nc(C)cc(C)n3n2)(OC=O)C2CCCC2)cc1C(F)(F)F. The second kappa shape index (κ2) is 15.8. The molecule has 3 aromatic rings. The number of fused-ring (bicyclic) bond motifs is 1. The lowest BCUT2D eigenvalue weighted by Gasteiger charge is -2.38. The molecule has 1 atom stereocenters. The summed E-state index contributed by atoms with van der Waals surface area (Å²) in [5, 5.41) is 25.7. The van der Waals surface area contributed by atoms with Crippen LogP contribution in [-0.4, -0.2) is 36.8 Å². The molecule has 11 heteroatoms. The Labute approximate surface area is 276 Å². The van der Waals surface area contributed by atoms with Crippen LogP contribution in [0.15, 0.2) is 35.6 Å². The smallest absolute Gasteiger partial charge is 0.416 e. The first-order valence-corrected chi connectivity index (χ1v) is 16.6. The Balaban J connectivity index is 0.00000294. The minimum absolute atomic E-state index is 0.0187. The largest absolute Gasteiger partial charge is 0.512 e. The molecular formula is C36H48F3N5O3. The van der Waals surface area contributed by atoms with Gasteiger partial charge in [-0.1, -0.05) is 52.7 Å². The average Bonchev–Trinajstić information content (AvgIpc) is 3.73. The summed E-state index contributed by atoms with van der Waals surface area (Å²) in [6, 6.07) is 8.21. The summed E-state index contributed by atoms with van der Waals surface area (Å²) in [6.07, 6.45) is -0.000827. The highest BCUT2D eigenvalue weighted by molar-refractivity contribution is 5.44. The number of alkyl halides is 3. The van der Waals surface area contributed by atoms with E-state index in [4.69, 9.17) is 4.74 Å². The minimum Gasteiger partial charge on any atom is -0.512 e. The normalized spacial score (nSPS) is 15.8. The molecule has 0 bridgehead atoms. The molecule has 8 nitrogen and oxygen atoms in total. The van der Waals surface area contributed by atoms with Crippen molar-refractivity contribution in [3.8, 4) is 6.07 Å². The van der Waals surface area contributed by atoms with Gasteiger partial charge in [0.25, 0.3) is 12.2 Å². The fourth-order valence-corrected chi connectivity index (χ4v) is 6.84. The monoisotopic (exact) mass is 655 g/mol. The summed E-state index contributed by atoms with van der Waals surface area (Å²) in [5.74, 6) is 0.928. The number of aromatic nitrogens is 4. The van der Waals surface area contributed by atoms with Gasteiger partial charge < -0.3 is 9.84 Å². The van der Waals surface area contributed by atoms with Crippen molar-refractivity contribution < 1.29 is 27.8 Å². The van der Waals surface area contributed by atoms with Gasteiger partial charge in [-0.15, -0.1) is 5.10 Å². The molecule has 0 aliphatic heterocycles. The number of aliphatic hydroxyl groups is 1. The first kappa shape index (κ1) is 37.5. The van der Waals surface area contributed by atoms with E-state index in [2.05, 4.69) is 21.1 Å². The van der Waals surface area contributed by atoms with Crippen LogP contribution in [0.2, 0.25) is 0 Å². The number of benzene rings is 1. The summed E-state index contributed by atoms with van der Waals surface area (Å²) < 4.78 is 50.4. The number of allylic oxidation sites excluding steroid dienone is 1. The standard InChI is InChI=1S/C34H42F3N5O3.C2H6/c1-6-32(7-2,20-38)27-13-12-25(18-28(27)34(35,36)37)14-15-33(45-21-43,26-10-8-9-11-26)19-29(44)22(3)16-30-40-31-39-23(4)17-24(5)42(31)41-30;1-2/h12-13,17-18,21,26,44H,6-11,14-16,19H2,1-5H3;1-2H3/b29-22-;. The molecule has 1 unspecified atom stereocenters. The molecule has 0 amide bonds. The summed E-state index contributed by atoms with van der Waals surface area (Å²) in [7, 11) is 0. The number of aryl methyl sites for hydroxylation is 3. The Morgan fingerprint density at radius 2 is 1.77 bits per heavy atom. The van der Waals surface area contributed by atoms with Crippen molar-refractivity contribution in [3.63, 3.8) is 0 Å². The Kier molecular flexibility index (Phi) is 12.6. The fraction of sp³-hybridized carbons (Fsp3) is 0.583. The minimum atomic E-state index is -4.64. The summed E-state index contributed by atoms with van der Waals surface area (Å²) in [5.41, 5.74) is -0.450. The van der Waals surface area contributed by atoms with Crippen molar-refractivity contribution in [1.82, 2.24) is 19.6 Å². The average molecular weight is 656 g/mol. The van der Waals surface area contributed by atoms with Crippen LogP contribution in [0.25, 0.3) is 5.78 Å². The lowest BCUT2D eigenvalue weighted by atomic mass is 9.74. The van der Waals surface area contributed by atoms with E-state index in [1.165, 1.54) is 6.07 Å². The van der Waals surface area contributed by atoms with Crippen molar-refractivity contribution in [2.45, 2.75) is 130 Å². The van der Waals surface area contributed by atoms with E-state index in [-0.39, 0.29) is 55.8 Å². The first-order valence-electron chi connectivity index (χ1n) is 16.6. The van der Waals surface area contributed by atoms with Crippen molar-refractivity contribution in [1.29, 1.82) is 5.26 Å². The zero-order valence-electron chi connectivity index (χ0n) is 28.7. The van der Waals surface area contributed by atoms with E-state index in [0.29, 0.717) is 29.2 Å². The topological polar surface area (TPSA) is 113 Å². The van der Waals surface area contributed by atoms with E-state index in [1.54, 1.807) is 31.4 Å². The van der Waals surface area contributed by atoms with Crippen molar-refractivity contribution in [2.75, 3.05) is 0 Å². The van der Waals surface area contributed by atoms with Gasteiger partial charge in [0, 0.05) is 24.2 Å². The van der Waals surface area contributed by atoms with Crippen LogP contribution in [0.5, 0.6) is 0 Å². The molecule has 2 heterocycles. The van der Waals surface area contributed by atoms with Crippen LogP contribution in [0.1, 0.15) is 120 Å². The molecule has 1 aliphatic carbocycles. The molecular weight excluding hydrogens is 607 g/mol. The van der Waals surface area contributed by atoms with Crippen LogP contribution in [0.4, 0.5) is 13.2 Å². The Bertz CT molecular complexity index is 1600. The number of halogens is 3. The third-order valence-electron chi connectivity index (χ3n) is 9.59. The number of ether oxygens (including phenoxy) is 1. The zero-order valence-corrected chi connectivity index (χ0v) is 28.7. The number of hydrogen-bond donors (Lipinski definition) is 1. The third kappa shape index (κ3) is 8.32. The van der Waals surface area contributed by atoms with E-state index >= 15 is 0 Å². The van der Waals surface area contributed by atoms with Crippen LogP contribution < -0.4 is 0 Å². The van der Waals surface area contributed by atoms with Gasteiger partial charge in [0.05, 0.1) is 22.8 Å². The maximum Gasteiger partial charge on any atom is 0.416 e. The van der Waals surface area contributed by atoms with Gasteiger partial charge in [-0.25, -0.2) is 9.50 Å². The predicted molar refractivity (Wildman–Crippen MR) is 175 cm³/mol. The molecule has 2 aromatic heterocycles. The quantitative estimate of drug-likeness (QED) is 0.145. The fourth-order valence-electron chi connectivity index (χ4n) is 6.84. The lowest BCUT2D eigenvalue weighted by Crippen LogP contribution is -2.41. The Morgan fingerprint density at radius 3 is 2.34 bits per heavy atom. The highest BCUT2D eigenvalue weighted by Gasteiger charge is 2.44. The highest BCUT2D eigenvalue weighted by Crippen LogP contribution is 2.45. The number of aliphatic hydroxyl groups excluding tert-OH is 1. The maximum absolute atomic E-state index is 14.3. The van der Waals surface area contributed by atoms with Gasteiger partial charge >= 0.3 is 6.18 Å².